The van der Waals surface area contributed by atoms with Gasteiger partial charge in [0.15, 0.2) is 5.43 Å². The molecule has 0 fully saturated rings. The minimum atomic E-state index is -0.0271. The standard InChI is InChI=1S/C49H36N2O.C2H4O/c1-6-34-35(7-2)43(27-31-16-8-10-19-36(31)34)41-24-15-25-42-48(41)51(5)46-29-33-18-14-23-40(47(33)50(4)30(3)26-45(46)49(42)52)44-28-32-17-9-11-20-37(32)38-21-12-13-22-39(38)44;1-2-3/h6-29H,1-3H2,4-5H3;2H,1H3/b45-26+,46-29+;. The minimum Gasteiger partial charge on any atom is -0.344 e. The summed E-state index contributed by atoms with van der Waals surface area (Å²) in [5, 5.41) is 9.15. The number of fused-ring (bicyclic) bond motifs is 7. The zero-order chi connectivity index (χ0) is 38.4. The minimum absolute atomic E-state index is 0.0271. The van der Waals surface area contributed by atoms with Crippen LogP contribution in [0.4, 0.5) is 5.69 Å². The first-order chi connectivity index (χ1) is 26.8. The van der Waals surface area contributed by atoms with E-state index in [1.54, 1.807) is 0 Å². The molecule has 0 N–H and O–H groups in total. The van der Waals surface area contributed by atoms with Crippen molar-refractivity contribution in [1.82, 2.24) is 4.57 Å². The number of allylic oxidation sites excluding steroid dienone is 1. The number of aldehydes is 1. The lowest BCUT2D eigenvalue weighted by Gasteiger charge is -2.27. The van der Waals surface area contributed by atoms with Crippen LogP contribution in [0.2, 0.25) is 0 Å². The first-order valence-electron chi connectivity index (χ1n) is 18.3. The molecule has 266 valence electrons. The molecule has 4 nitrogen and oxygen atoms in total. The number of rotatable bonds is 4. The molecule has 0 atom stereocenters. The van der Waals surface area contributed by atoms with Crippen LogP contribution in [0, 0.1) is 0 Å². The van der Waals surface area contributed by atoms with Crippen molar-refractivity contribution in [1.29, 1.82) is 0 Å². The molecule has 7 aromatic carbocycles. The van der Waals surface area contributed by atoms with Crippen molar-refractivity contribution in [2.75, 3.05) is 11.9 Å². The number of hydrogen-bond acceptors (Lipinski definition) is 3. The monoisotopic (exact) mass is 712 g/mol. The molecule has 2 heterocycles. The van der Waals surface area contributed by atoms with Gasteiger partial charge in [-0.05, 0) is 91.8 Å². The molecule has 1 aliphatic heterocycles. The lowest BCUT2D eigenvalue weighted by atomic mass is 9.89. The van der Waals surface area contributed by atoms with Gasteiger partial charge in [0.05, 0.1) is 16.6 Å². The number of benzene rings is 7. The molecule has 55 heavy (non-hydrogen) atoms. The highest BCUT2D eigenvalue weighted by Crippen LogP contribution is 2.42. The van der Waals surface area contributed by atoms with Crippen molar-refractivity contribution in [3.63, 3.8) is 0 Å². The van der Waals surface area contributed by atoms with E-state index in [0.29, 0.717) is 10.6 Å². The third-order valence-corrected chi connectivity index (χ3v) is 10.8. The zero-order valence-electron chi connectivity index (χ0n) is 31.3. The summed E-state index contributed by atoms with van der Waals surface area (Å²) in [5.74, 6) is 0. The topological polar surface area (TPSA) is 42.3 Å². The average molecular weight is 713 g/mol. The van der Waals surface area contributed by atoms with Gasteiger partial charge in [0.2, 0.25) is 0 Å². The molecule has 0 spiro atoms. The summed E-state index contributed by atoms with van der Waals surface area (Å²) in [6.07, 6.45) is 8.66. The maximum absolute atomic E-state index is 14.6. The van der Waals surface area contributed by atoms with E-state index in [4.69, 9.17) is 4.79 Å². The summed E-state index contributed by atoms with van der Waals surface area (Å²) < 4.78 is 2.17. The number of nitrogens with zero attached hydrogens (tertiary/aromatic N) is 2. The highest BCUT2D eigenvalue weighted by Gasteiger charge is 2.21. The predicted molar refractivity (Wildman–Crippen MR) is 236 cm³/mol. The van der Waals surface area contributed by atoms with Crippen molar-refractivity contribution < 1.29 is 4.79 Å². The van der Waals surface area contributed by atoms with Crippen molar-refractivity contribution >= 4 is 79.5 Å². The molecule has 0 bridgehead atoms. The molecule has 1 aromatic heterocycles. The summed E-state index contributed by atoms with van der Waals surface area (Å²) in [4.78, 5) is 25.6. The molecule has 0 unspecified atom stereocenters. The van der Waals surface area contributed by atoms with E-state index in [1.807, 2.05) is 43.5 Å². The van der Waals surface area contributed by atoms with Crippen LogP contribution in [0.15, 0.2) is 152 Å². The van der Waals surface area contributed by atoms with Gasteiger partial charge < -0.3 is 14.3 Å². The molecule has 0 saturated carbocycles. The Morgan fingerprint density at radius 1 is 0.582 bits per heavy atom. The van der Waals surface area contributed by atoms with Gasteiger partial charge in [0.25, 0.3) is 0 Å². The van der Waals surface area contributed by atoms with Crippen LogP contribution < -0.4 is 20.9 Å². The number of carbonyl (C=O) groups excluding carboxylic acids is 1. The number of pyridine rings is 1. The van der Waals surface area contributed by atoms with Crippen LogP contribution in [0.1, 0.15) is 23.6 Å². The SMILES string of the molecule is C=Cc1c(-c2cccc3c(=O)c4/c(n(C)c23)=C\c2cccc(-c3cc5ccccc5c5ccccc35)c2N(C)C(=C)\C=4)cc2ccccc2c1C=C.CC=O. The van der Waals surface area contributed by atoms with E-state index in [2.05, 4.69) is 145 Å². The van der Waals surface area contributed by atoms with E-state index in [0.717, 1.165) is 78.3 Å². The molecule has 0 aliphatic carbocycles. The maximum atomic E-state index is 14.6. The number of para-hydroxylation sites is 2. The highest BCUT2D eigenvalue weighted by atomic mass is 16.1. The predicted octanol–water partition coefficient (Wildman–Crippen LogP) is 10.4. The summed E-state index contributed by atoms with van der Waals surface area (Å²) in [5.41, 5.74) is 9.86. The Hall–Kier alpha value is -7.04. The van der Waals surface area contributed by atoms with Gasteiger partial charge >= 0.3 is 0 Å². The van der Waals surface area contributed by atoms with E-state index >= 15 is 0 Å². The fourth-order valence-corrected chi connectivity index (χ4v) is 8.34. The Morgan fingerprint density at radius 2 is 1.15 bits per heavy atom. The Morgan fingerprint density at radius 3 is 1.85 bits per heavy atom. The molecule has 0 saturated heterocycles. The molecule has 0 radical (unpaired) electrons. The lowest BCUT2D eigenvalue weighted by molar-refractivity contribution is -0.106. The molecule has 4 heteroatoms. The van der Waals surface area contributed by atoms with Crippen LogP contribution in [0.5, 0.6) is 0 Å². The van der Waals surface area contributed by atoms with Crippen molar-refractivity contribution in [3.8, 4) is 22.3 Å². The van der Waals surface area contributed by atoms with Crippen LogP contribution >= 0.6 is 0 Å². The molecule has 9 rings (SSSR count). The molecular weight excluding hydrogens is 673 g/mol. The Balaban J connectivity index is 0.00000138. The van der Waals surface area contributed by atoms with Crippen molar-refractivity contribution in [2.24, 2.45) is 7.05 Å². The summed E-state index contributed by atoms with van der Waals surface area (Å²) in [6.45, 7) is 14.3. The second kappa shape index (κ2) is 14.1. The van der Waals surface area contributed by atoms with Crippen molar-refractivity contribution in [2.45, 2.75) is 6.92 Å². The zero-order valence-corrected chi connectivity index (χ0v) is 31.3. The van der Waals surface area contributed by atoms with Gasteiger partial charge in [-0.1, -0.05) is 135 Å². The van der Waals surface area contributed by atoms with E-state index in [-0.39, 0.29) is 5.43 Å². The van der Waals surface area contributed by atoms with Crippen LogP contribution in [0.3, 0.4) is 0 Å². The van der Waals surface area contributed by atoms with Crippen LogP contribution in [-0.2, 0) is 11.8 Å². The second-order valence-electron chi connectivity index (χ2n) is 13.8. The summed E-state index contributed by atoms with van der Waals surface area (Å²) in [6, 6.07) is 42.5. The first kappa shape index (κ1) is 35.0. The van der Waals surface area contributed by atoms with Crippen LogP contribution in [0.25, 0.3) is 89.8 Å². The van der Waals surface area contributed by atoms with Gasteiger partial charge in [0, 0.05) is 47.1 Å². The van der Waals surface area contributed by atoms with Gasteiger partial charge in [0.1, 0.15) is 6.29 Å². The van der Waals surface area contributed by atoms with Gasteiger partial charge in [-0.2, -0.15) is 0 Å². The van der Waals surface area contributed by atoms with Gasteiger partial charge in [-0.25, -0.2) is 0 Å². The largest absolute Gasteiger partial charge is 0.344 e. The second-order valence-corrected chi connectivity index (χ2v) is 13.8. The summed E-state index contributed by atoms with van der Waals surface area (Å²) in [7, 11) is 4.10. The Labute approximate surface area is 320 Å². The van der Waals surface area contributed by atoms with Gasteiger partial charge in [-0.15, -0.1) is 0 Å². The van der Waals surface area contributed by atoms with Crippen LogP contribution in [-0.4, -0.2) is 17.9 Å². The molecular formula is C51H40N2O2. The normalized spacial score (nSPS) is 13.4. The van der Waals surface area contributed by atoms with E-state index in [1.165, 1.54) is 28.5 Å². The third kappa shape index (κ3) is 5.62. The fourth-order valence-electron chi connectivity index (χ4n) is 8.34. The smallest absolute Gasteiger partial charge is 0.197 e. The van der Waals surface area contributed by atoms with E-state index in [9.17, 15) is 4.79 Å². The number of aryl methyl sites for hydroxylation is 1. The number of carbonyl (C=O) groups is 1. The number of anilines is 1. The lowest BCUT2D eigenvalue weighted by Crippen LogP contribution is -2.46. The van der Waals surface area contributed by atoms with Gasteiger partial charge in [-0.3, -0.25) is 4.79 Å². The third-order valence-electron chi connectivity index (χ3n) is 10.8. The number of aromatic nitrogens is 1. The Bertz CT molecular complexity index is 3130. The van der Waals surface area contributed by atoms with Crippen molar-refractivity contribution in [3.05, 3.63) is 184 Å². The number of hydrogen-bond donors (Lipinski definition) is 0. The quantitative estimate of drug-likeness (QED) is 0.135. The molecule has 1 aliphatic rings. The summed E-state index contributed by atoms with van der Waals surface area (Å²) >= 11 is 0. The fraction of sp³-hybridized carbons (Fsp3) is 0.0588. The van der Waals surface area contributed by atoms with E-state index < -0.39 is 0 Å². The average Bonchev–Trinajstić information content (AvgIpc) is 3.22. The Kier molecular flexibility index (Phi) is 8.96. The molecule has 0 amide bonds. The molecule has 8 aromatic rings. The maximum Gasteiger partial charge on any atom is 0.197 e. The highest BCUT2D eigenvalue weighted by molar-refractivity contribution is 6.15. The first-order valence-corrected chi connectivity index (χ1v) is 18.3.